The Morgan fingerprint density at radius 1 is 1.09 bits per heavy atom. The molecule has 1 aromatic heterocycles. The van der Waals surface area contributed by atoms with Crippen LogP contribution in [0.1, 0.15) is 31.0 Å². The summed E-state index contributed by atoms with van der Waals surface area (Å²) in [6, 6.07) is 14.2. The molecule has 3 N–H and O–H groups in total. The SMILES string of the molecule is CCOC(=O)C1=C(CSc2n[nH]c(-c3ccc(CC)cc3)n2)NC(=O)NC1c1ccc(OC)cc1. The Kier molecular flexibility index (Phi) is 7.71. The first kappa shape index (κ1) is 24.3. The highest BCUT2D eigenvalue weighted by atomic mass is 32.2. The van der Waals surface area contributed by atoms with Gasteiger partial charge in [-0.05, 0) is 36.6 Å². The summed E-state index contributed by atoms with van der Waals surface area (Å²) in [5, 5.41) is 13.3. The first-order valence-corrected chi connectivity index (χ1v) is 12.3. The van der Waals surface area contributed by atoms with Gasteiger partial charge in [-0.2, -0.15) is 0 Å². The second-order valence-corrected chi connectivity index (χ2v) is 8.67. The van der Waals surface area contributed by atoms with Gasteiger partial charge in [0, 0.05) is 17.0 Å². The molecule has 3 aromatic rings. The normalized spacial score (nSPS) is 15.4. The molecule has 0 radical (unpaired) electrons. The Bertz CT molecular complexity index is 1220. The predicted molar refractivity (Wildman–Crippen MR) is 133 cm³/mol. The molecule has 0 aliphatic carbocycles. The number of hydrogen-bond donors (Lipinski definition) is 3. The molecule has 0 spiro atoms. The van der Waals surface area contributed by atoms with E-state index < -0.39 is 18.0 Å². The highest BCUT2D eigenvalue weighted by Crippen LogP contribution is 2.31. The molecule has 0 fully saturated rings. The van der Waals surface area contributed by atoms with E-state index in [4.69, 9.17) is 9.47 Å². The first-order chi connectivity index (χ1) is 17.0. The first-order valence-electron chi connectivity index (χ1n) is 11.3. The minimum absolute atomic E-state index is 0.215. The van der Waals surface area contributed by atoms with Gasteiger partial charge in [0.05, 0.1) is 25.3 Å². The summed E-state index contributed by atoms with van der Waals surface area (Å²) in [7, 11) is 1.58. The number of aromatic amines is 1. The van der Waals surface area contributed by atoms with Gasteiger partial charge in [-0.25, -0.2) is 14.6 Å². The van der Waals surface area contributed by atoms with Crippen molar-refractivity contribution in [2.45, 2.75) is 31.5 Å². The van der Waals surface area contributed by atoms with Crippen molar-refractivity contribution in [3.63, 3.8) is 0 Å². The van der Waals surface area contributed by atoms with Crippen molar-refractivity contribution in [3.05, 3.63) is 70.9 Å². The van der Waals surface area contributed by atoms with Crippen LogP contribution in [-0.4, -0.2) is 46.7 Å². The van der Waals surface area contributed by atoms with E-state index in [1.54, 1.807) is 26.2 Å². The Morgan fingerprint density at radius 3 is 2.49 bits per heavy atom. The summed E-state index contributed by atoms with van der Waals surface area (Å²) in [6.07, 6.45) is 0.966. The standard InChI is InChI=1S/C25H27N5O4S/c1-4-15-6-8-17(9-7-15)22-28-25(30-29-22)35-14-19-20(23(31)34-5-2)21(27-24(32)26-19)16-10-12-18(33-3)13-11-16/h6-13,21H,4-5,14H2,1-3H3,(H2,26,27,32)(H,28,29,30). The van der Waals surface area contributed by atoms with Gasteiger partial charge in [-0.3, -0.25) is 5.10 Å². The van der Waals surface area contributed by atoms with Gasteiger partial charge >= 0.3 is 12.0 Å². The number of aryl methyl sites for hydroxylation is 1. The zero-order valence-electron chi connectivity index (χ0n) is 19.8. The van der Waals surface area contributed by atoms with Crippen molar-refractivity contribution in [3.8, 4) is 17.1 Å². The van der Waals surface area contributed by atoms with Gasteiger partial charge in [-0.1, -0.05) is 55.1 Å². The number of hydrogen-bond acceptors (Lipinski definition) is 7. The van der Waals surface area contributed by atoms with Crippen LogP contribution in [0.2, 0.25) is 0 Å². The zero-order valence-corrected chi connectivity index (χ0v) is 20.6. The fraction of sp³-hybridized carbons (Fsp3) is 0.280. The smallest absolute Gasteiger partial charge is 0.338 e. The number of amides is 2. The summed E-state index contributed by atoms with van der Waals surface area (Å²) in [4.78, 5) is 30.0. The number of nitrogens with zero attached hydrogens (tertiary/aromatic N) is 2. The quantitative estimate of drug-likeness (QED) is 0.304. The van der Waals surface area contributed by atoms with Gasteiger partial charge in [0.1, 0.15) is 5.75 Å². The Labute approximate surface area is 207 Å². The van der Waals surface area contributed by atoms with Crippen LogP contribution >= 0.6 is 11.8 Å². The molecule has 0 saturated carbocycles. The number of ether oxygens (including phenoxy) is 2. The monoisotopic (exact) mass is 493 g/mol. The van der Waals surface area contributed by atoms with Gasteiger partial charge in [-0.15, -0.1) is 5.10 Å². The van der Waals surface area contributed by atoms with Crippen LogP contribution in [0.15, 0.2) is 65.0 Å². The molecule has 1 aliphatic rings. The van der Waals surface area contributed by atoms with Crippen molar-refractivity contribution in [2.75, 3.05) is 19.5 Å². The minimum atomic E-state index is -0.663. The van der Waals surface area contributed by atoms with E-state index >= 15 is 0 Å². The zero-order chi connectivity index (χ0) is 24.8. The van der Waals surface area contributed by atoms with Gasteiger partial charge in [0.15, 0.2) is 5.82 Å². The van der Waals surface area contributed by atoms with E-state index in [0.29, 0.717) is 28.0 Å². The molecule has 10 heteroatoms. The number of thioether (sulfide) groups is 1. The number of rotatable bonds is 9. The number of esters is 1. The molecule has 1 atom stereocenters. The van der Waals surface area contributed by atoms with Crippen LogP contribution in [0.3, 0.4) is 0 Å². The Hall–Kier alpha value is -3.79. The Morgan fingerprint density at radius 2 is 1.83 bits per heavy atom. The van der Waals surface area contributed by atoms with E-state index in [-0.39, 0.29) is 12.4 Å². The topological polar surface area (TPSA) is 118 Å². The van der Waals surface area contributed by atoms with Gasteiger partial charge in [0.25, 0.3) is 0 Å². The molecule has 4 rings (SSSR count). The summed E-state index contributed by atoms with van der Waals surface area (Å²) < 4.78 is 10.5. The maximum Gasteiger partial charge on any atom is 0.338 e. The number of carbonyl (C=O) groups is 2. The fourth-order valence-electron chi connectivity index (χ4n) is 3.70. The molecular formula is C25H27N5O4S. The lowest BCUT2D eigenvalue weighted by Gasteiger charge is -2.29. The summed E-state index contributed by atoms with van der Waals surface area (Å²) in [6.45, 7) is 4.07. The van der Waals surface area contributed by atoms with Crippen LogP contribution in [0.4, 0.5) is 4.79 Å². The molecular weight excluding hydrogens is 466 g/mol. The molecule has 2 heterocycles. The lowest BCUT2D eigenvalue weighted by atomic mass is 9.95. The largest absolute Gasteiger partial charge is 0.497 e. The van der Waals surface area contributed by atoms with Crippen LogP contribution in [-0.2, 0) is 16.0 Å². The summed E-state index contributed by atoms with van der Waals surface area (Å²) in [5.74, 6) is 1.11. The molecule has 0 bridgehead atoms. The van der Waals surface area contributed by atoms with Crippen molar-refractivity contribution in [2.24, 2.45) is 0 Å². The molecule has 1 unspecified atom stereocenters. The van der Waals surface area contributed by atoms with Crippen LogP contribution in [0.5, 0.6) is 5.75 Å². The lowest BCUT2D eigenvalue weighted by molar-refractivity contribution is -0.139. The van der Waals surface area contributed by atoms with E-state index in [9.17, 15) is 9.59 Å². The average Bonchev–Trinajstić information content (AvgIpc) is 3.36. The number of methoxy groups -OCH3 is 1. The van der Waals surface area contributed by atoms with E-state index in [0.717, 1.165) is 17.5 Å². The second-order valence-electron chi connectivity index (χ2n) is 7.72. The van der Waals surface area contributed by atoms with Crippen molar-refractivity contribution >= 4 is 23.8 Å². The molecule has 2 aromatic carbocycles. The Balaban J connectivity index is 1.59. The van der Waals surface area contributed by atoms with E-state index in [2.05, 4.69) is 44.9 Å². The minimum Gasteiger partial charge on any atom is -0.497 e. The number of carbonyl (C=O) groups excluding carboxylic acids is 2. The lowest BCUT2D eigenvalue weighted by Crippen LogP contribution is -2.46. The van der Waals surface area contributed by atoms with Crippen LogP contribution in [0.25, 0.3) is 11.4 Å². The molecule has 0 saturated heterocycles. The molecule has 35 heavy (non-hydrogen) atoms. The van der Waals surface area contributed by atoms with E-state index in [1.807, 2.05) is 24.3 Å². The maximum atomic E-state index is 12.9. The number of nitrogens with one attached hydrogen (secondary N) is 3. The van der Waals surface area contributed by atoms with Gasteiger partial charge < -0.3 is 20.1 Å². The van der Waals surface area contributed by atoms with E-state index in [1.165, 1.54) is 17.3 Å². The predicted octanol–water partition coefficient (Wildman–Crippen LogP) is 4.01. The third-order valence-corrected chi connectivity index (χ3v) is 6.42. The summed E-state index contributed by atoms with van der Waals surface area (Å²) in [5.41, 5.74) is 3.71. The fourth-order valence-corrected chi connectivity index (χ4v) is 4.47. The maximum absolute atomic E-state index is 12.9. The van der Waals surface area contributed by atoms with Crippen molar-refractivity contribution < 1.29 is 19.1 Å². The van der Waals surface area contributed by atoms with Crippen LogP contribution in [0, 0.1) is 0 Å². The number of urea groups is 1. The number of aromatic nitrogens is 3. The molecule has 1 aliphatic heterocycles. The average molecular weight is 494 g/mol. The highest BCUT2D eigenvalue weighted by molar-refractivity contribution is 7.99. The third kappa shape index (κ3) is 5.65. The summed E-state index contributed by atoms with van der Waals surface area (Å²) >= 11 is 1.31. The van der Waals surface area contributed by atoms with Crippen molar-refractivity contribution in [1.29, 1.82) is 0 Å². The van der Waals surface area contributed by atoms with Crippen molar-refractivity contribution in [1.82, 2.24) is 25.8 Å². The highest BCUT2D eigenvalue weighted by Gasteiger charge is 2.33. The molecule has 9 nitrogen and oxygen atoms in total. The third-order valence-electron chi connectivity index (χ3n) is 5.54. The number of H-pyrrole nitrogens is 1. The molecule has 182 valence electrons. The van der Waals surface area contributed by atoms with Gasteiger partial charge in [0.2, 0.25) is 5.16 Å². The second kappa shape index (κ2) is 11.1. The molecule has 2 amide bonds. The van der Waals surface area contributed by atoms with Crippen LogP contribution < -0.4 is 15.4 Å². The number of benzene rings is 2.